The second-order valence-electron chi connectivity index (χ2n) is 3.52. The van der Waals surface area contributed by atoms with E-state index in [0.29, 0.717) is 6.41 Å². The van der Waals surface area contributed by atoms with Crippen molar-refractivity contribution in [3.05, 3.63) is 35.5 Å². The Bertz CT molecular complexity index is 494. The number of nitrogens with two attached hydrogens (primary N) is 1. The first kappa shape index (κ1) is 16.6. The van der Waals surface area contributed by atoms with Crippen LogP contribution in [-0.4, -0.2) is 10.7 Å². The van der Waals surface area contributed by atoms with Crippen LogP contribution in [0, 0.1) is 13.8 Å². The van der Waals surface area contributed by atoms with Gasteiger partial charge < -0.3 is 4.34 Å². The first-order valence-electron chi connectivity index (χ1n) is 5.83. The van der Waals surface area contributed by atoms with Gasteiger partial charge in [0.25, 0.3) is 0 Å². The molecule has 0 bridgehead atoms. The van der Waals surface area contributed by atoms with E-state index in [1.54, 1.807) is 5.43 Å². The Labute approximate surface area is 111 Å². The van der Waals surface area contributed by atoms with Gasteiger partial charge in [-0.25, -0.2) is 5.84 Å². The number of hydrogen-bond acceptors (Lipinski definition) is 2. The van der Waals surface area contributed by atoms with E-state index in [2.05, 4.69) is 57.8 Å². The van der Waals surface area contributed by atoms with Gasteiger partial charge in [0.15, 0.2) is 0 Å². The Morgan fingerprint density at radius 3 is 2.39 bits per heavy atom. The molecule has 5 heteroatoms. The number of amides is 1. The van der Waals surface area contributed by atoms with Gasteiger partial charge in [-0.15, -0.1) is 0 Å². The first-order valence-corrected chi connectivity index (χ1v) is 6.35. The van der Waals surface area contributed by atoms with Gasteiger partial charge in [0.1, 0.15) is 0 Å². The lowest BCUT2D eigenvalue weighted by atomic mass is 10.1. The molecule has 0 aliphatic rings. The van der Waals surface area contributed by atoms with Crippen LogP contribution in [0.5, 0.6) is 0 Å². The standard InChI is InChI=1S/C10H12NP.C2H6.CH4N2O/c1-7-3-4-10-9(5-7)8(2)6-11(10)12;1-2;2-3-1-4/h3-6H,12H2,1-2H3;1-2H3;1H,2H2,(H,3,4). The van der Waals surface area contributed by atoms with Gasteiger partial charge in [0, 0.05) is 11.6 Å². The van der Waals surface area contributed by atoms with Gasteiger partial charge in [-0.3, -0.25) is 10.2 Å². The van der Waals surface area contributed by atoms with Gasteiger partial charge in [-0.2, -0.15) is 0 Å². The highest BCUT2D eigenvalue weighted by Gasteiger charge is 2.01. The zero-order valence-electron chi connectivity index (χ0n) is 11.4. The van der Waals surface area contributed by atoms with Crippen molar-refractivity contribution in [3.63, 3.8) is 0 Å². The molecule has 1 aromatic heterocycles. The Morgan fingerprint density at radius 2 is 1.89 bits per heavy atom. The molecule has 2 rings (SSSR count). The zero-order valence-corrected chi connectivity index (χ0v) is 12.6. The summed E-state index contributed by atoms with van der Waals surface area (Å²) in [5, 5.41) is 1.35. The molecule has 3 N–H and O–H groups in total. The lowest BCUT2D eigenvalue weighted by molar-refractivity contribution is -0.109. The Kier molecular flexibility index (Phi) is 8.01. The second kappa shape index (κ2) is 8.67. The topological polar surface area (TPSA) is 60.0 Å². The summed E-state index contributed by atoms with van der Waals surface area (Å²) in [5.74, 6) is 4.41. The third-order valence-electron chi connectivity index (χ3n) is 2.26. The molecule has 0 fully saturated rings. The van der Waals surface area contributed by atoms with Crippen molar-refractivity contribution in [3.8, 4) is 0 Å². The number of rotatable bonds is 1. The number of fused-ring (bicyclic) bond motifs is 1. The van der Waals surface area contributed by atoms with Gasteiger partial charge in [-0.05, 0) is 40.9 Å². The maximum absolute atomic E-state index is 8.94. The summed E-state index contributed by atoms with van der Waals surface area (Å²) in [4.78, 5) is 8.94. The van der Waals surface area contributed by atoms with Crippen molar-refractivity contribution in [2.45, 2.75) is 27.7 Å². The summed E-state index contributed by atoms with van der Waals surface area (Å²) in [6.07, 6.45) is 2.54. The van der Waals surface area contributed by atoms with E-state index < -0.39 is 0 Å². The van der Waals surface area contributed by atoms with E-state index in [0.717, 1.165) is 0 Å². The van der Waals surface area contributed by atoms with Crippen molar-refractivity contribution in [1.29, 1.82) is 0 Å². The van der Waals surface area contributed by atoms with Crippen molar-refractivity contribution < 1.29 is 4.79 Å². The third kappa shape index (κ3) is 4.47. The van der Waals surface area contributed by atoms with Gasteiger partial charge in [-0.1, -0.05) is 25.5 Å². The molecule has 0 aliphatic heterocycles. The molecule has 1 amide bonds. The van der Waals surface area contributed by atoms with Gasteiger partial charge in [0.2, 0.25) is 6.41 Å². The number of aromatic nitrogens is 1. The molecule has 18 heavy (non-hydrogen) atoms. The summed E-state index contributed by atoms with van der Waals surface area (Å²) in [6, 6.07) is 6.53. The molecule has 0 saturated carbocycles. The molecule has 0 saturated heterocycles. The maximum Gasteiger partial charge on any atom is 0.221 e. The number of carbonyl (C=O) groups is 1. The van der Waals surface area contributed by atoms with E-state index in [9.17, 15) is 0 Å². The molecular weight excluding hydrogens is 245 g/mol. The van der Waals surface area contributed by atoms with Crippen LogP contribution >= 0.6 is 9.39 Å². The zero-order chi connectivity index (χ0) is 14.1. The Balaban J connectivity index is 0.000000415. The number of nitrogens with one attached hydrogen (secondary N) is 1. The number of hydrazine groups is 1. The first-order chi connectivity index (χ1) is 8.60. The quantitative estimate of drug-likeness (QED) is 0.274. The minimum absolute atomic E-state index is 0.403. The third-order valence-corrected chi connectivity index (χ3v) is 2.68. The van der Waals surface area contributed by atoms with Crippen LogP contribution in [0.3, 0.4) is 0 Å². The molecule has 0 radical (unpaired) electrons. The molecular formula is C13H22N3OP. The number of carbonyl (C=O) groups excluding carboxylic acids is 1. The molecule has 2 aromatic rings. The highest BCUT2D eigenvalue weighted by Crippen LogP contribution is 2.23. The normalized spacial score (nSPS) is 8.78. The fourth-order valence-electron chi connectivity index (χ4n) is 1.54. The van der Waals surface area contributed by atoms with E-state index in [4.69, 9.17) is 4.79 Å². The summed E-state index contributed by atoms with van der Waals surface area (Å²) >= 11 is 0. The summed E-state index contributed by atoms with van der Waals surface area (Å²) < 4.78 is 2.09. The second-order valence-corrected chi connectivity index (χ2v) is 4.08. The van der Waals surface area contributed by atoms with E-state index in [-0.39, 0.29) is 0 Å². The molecule has 0 spiro atoms. The average molecular weight is 267 g/mol. The summed E-state index contributed by atoms with van der Waals surface area (Å²) in [5.41, 5.74) is 5.69. The van der Waals surface area contributed by atoms with Crippen LogP contribution in [0.1, 0.15) is 25.0 Å². The maximum atomic E-state index is 8.94. The highest BCUT2D eigenvalue weighted by atomic mass is 31.0. The van der Waals surface area contributed by atoms with Crippen molar-refractivity contribution >= 4 is 26.7 Å². The van der Waals surface area contributed by atoms with Crippen LogP contribution < -0.4 is 11.3 Å². The molecule has 100 valence electrons. The van der Waals surface area contributed by atoms with Crippen LogP contribution in [0.15, 0.2) is 24.4 Å². The predicted molar refractivity (Wildman–Crippen MR) is 81.3 cm³/mol. The predicted octanol–water partition coefficient (Wildman–Crippen LogP) is 2.53. The minimum Gasteiger partial charge on any atom is -0.332 e. The van der Waals surface area contributed by atoms with Gasteiger partial charge in [0.05, 0.1) is 5.52 Å². The average Bonchev–Trinajstić information content (AvgIpc) is 2.67. The van der Waals surface area contributed by atoms with Crippen molar-refractivity contribution in [1.82, 2.24) is 9.76 Å². The smallest absolute Gasteiger partial charge is 0.221 e. The fraction of sp³-hybridized carbons (Fsp3) is 0.308. The molecule has 1 atom stereocenters. The van der Waals surface area contributed by atoms with Crippen molar-refractivity contribution in [2.24, 2.45) is 5.84 Å². The molecule has 1 aromatic carbocycles. The number of nitrogens with zero attached hydrogens (tertiary/aromatic N) is 1. The summed E-state index contributed by atoms with van der Waals surface area (Å²) in [7, 11) is 2.70. The number of benzene rings is 1. The van der Waals surface area contributed by atoms with Crippen LogP contribution in [0.2, 0.25) is 0 Å². The Morgan fingerprint density at radius 1 is 1.33 bits per heavy atom. The minimum atomic E-state index is 0.403. The lowest BCUT2D eigenvalue weighted by Gasteiger charge is -1.96. The lowest BCUT2D eigenvalue weighted by Crippen LogP contribution is -2.18. The van der Waals surface area contributed by atoms with E-state index >= 15 is 0 Å². The van der Waals surface area contributed by atoms with E-state index in [1.807, 2.05) is 13.8 Å². The van der Waals surface area contributed by atoms with Crippen LogP contribution in [0.4, 0.5) is 0 Å². The number of aryl methyl sites for hydroxylation is 2. The van der Waals surface area contributed by atoms with Crippen LogP contribution in [0.25, 0.3) is 10.9 Å². The SMILES string of the molecule is CC.Cc1ccc2c(c1)c(C)cn2P.NNC=O. The van der Waals surface area contributed by atoms with Crippen LogP contribution in [-0.2, 0) is 4.79 Å². The largest absolute Gasteiger partial charge is 0.332 e. The fourth-order valence-corrected chi connectivity index (χ4v) is 1.99. The molecule has 0 aliphatic carbocycles. The Hall–Kier alpha value is -1.38. The summed E-state index contributed by atoms with van der Waals surface area (Å²) in [6.45, 7) is 8.27. The molecule has 1 heterocycles. The van der Waals surface area contributed by atoms with E-state index in [1.165, 1.54) is 22.0 Å². The number of hydrogen-bond donors (Lipinski definition) is 2. The monoisotopic (exact) mass is 267 g/mol. The van der Waals surface area contributed by atoms with Gasteiger partial charge >= 0.3 is 0 Å². The van der Waals surface area contributed by atoms with Crippen molar-refractivity contribution in [2.75, 3.05) is 0 Å². The highest BCUT2D eigenvalue weighted by molar-refractivity contribution is 7.14. The molecule has 4 nitrogen and oxygen atoms in total. The molecule has 1 unspecified atom stereocenters.